The van der Waals surface area contributed by atoms with Crippen molar-refractivity contribution in [1.29, 1.82) is 0 Å². The molecule has 0 saturated heterocycles. The minimum Gasteiger partial charge on any atom is -0.421 e. The maximum Gasteiger partial charge on any atom is 0.344 e. The number of hydrogen-bond acceptors (Lipinski definition) is 5. The second-order valence-electron chi connectivity index (χ2n) is 8.42. The van der Waals surface area contributed by atoms with E-state index in [0.717, 1.165) is 32.0 Å². The number of rotatable bonds is 4. The molecule has 6 aromatic rings. The van der Waals surface area contributed by atoms with Crippen LogP contribution >= 0.6 is 15.9 Å². The quantitative estimate of drug-likeness (QED) is 0.181. The smallest absolute Gasteiger partial charge is 0.344 e. The second kappa shape index (κ2) is 9.02. The molecule has 2 heterocycles. The lowest BCUT2D eigenvalue weighted by Crippen LogP contribution is -2.12. The molecule has 0 amide bonds. The van der Waals surface area contributed by atoms with E-state index in [4.69, 9.17) is 9.72 Å². The molecule has 36 heavy (non-hydrogen) atoms. The lowest BCUT2D eigenvalue weighted by Gasteiger charge is -2.12. The van der Waals surface area contributed by atoms with Crippen LogP contribution < -0.4 is 4.74 Å². The average Bonchev–Trinajstić information content (AvgIpc) is 3.34. The molecule has 0 bridgehead atoms. The van der Waals surface area contributed by atoms with Gasteiger partial charge in [-0.1, -0.05) is 64.5 Å². The van der Waals surface area contributed by atoms with E-state index in [0.29, 0.717) is 28.2 Å². The Labute approximate surface area is 215 Å². The molecule has 174 valence electrons. The van der Waals surface area contributed by atoms with E-state index < -0.39 is 5.97 Å². The van der Waals surface area contributed by atoms with Crippen molar-refractivity contribution in [2.45, 2.75) is 6.92 Å². The Balaban J connectivity index is 1.43. The number of pyridine rings is 1. The van der Waals surface area contributed by atoms with Gasteiger partial charge in [0.2, 0.25) is 0 Å². The highest BCUT2D eigenvalue weighted by atomic mass is 79.9. The number of ether oxygens (including phenoxy) is 1. The Morgan fingerprint density at radius 3 is 2.19 bits per heavy atom. The van der Waals surface area contributed by atoms with Crippen LogP contribution in [0.4, 0.5) is 0 Å². The van der Waals surface area contributed by atoms with Crippen LogP contribution in [0.3, 0.4) is 0 Å². The SMILES string of the molecule is Cc1ccc(OC(=O)c2cc(-c3ccc(Br)cc3)nc3ccccc23)c(-n2nc3ccccc3n2)c1. The monoisotopic (exact) mass is 534 g/mol. The normalized spacial score (nSPS) is 11.2. The van der Waals surface area contributed by atoms with Crippen LogP contribution in [0.5, 0.6) is 5.75 Å². The molecule has 0 aliphatic heterocycles. The maximum atomic E-state index is 13.6. The third-order valence-corrected chi connectivity index (χ3v) is 6.42. The van der Waals surface area contributed by atoms with Gasteiger partial charge in [-0.15, -0.1) is 15.0 Å². The summed E-state index contributed by atoms with van der Waals surface area (Å²) in [7, 11) is 0. The molecule has 0 radical (unpaired) electrons. The molecule has 7 heteroatoms. The molecule has 6 rings (SSSR count). The fourth-order valence-corrected chi connectivity index (χ4v) is 4.37. The van der Waals surface area contributed by atoms with Gasteiger partial charge < -0.3 is 4.74 Å². The van der Waals surface area contributed by atoms with Crippen molar-refractivity contribution in [2.75, 3.05) is 0 Å². The van der Waals surface area contributed by atoms with Crippen LogP contribution in [0.2, 0.25) is 0 Å². The summed E-state index contributed by atoms with van der Waals surface area (Å²) in [5, 5.41) is 9.87. The molecular weight excluding hydrogens is 516 g/mol. The Morgan fingerprint density at radius 1 is 0.806 bits per heavy atom. The molecule has 0 atom stereocenters. The van der Waals surface area contributed by atoms with Crippen LogP contribution in [0.15, 0.2) is 102 Å². The number of para-hydroxylation sites is 1. The summed E-state index contributed by atoms with van der Waals surface area (Å²) >= 11 is 3.47. The zero-order valence-corrected chi connectivity index (χ0v) is 20.8. The van der Waals surface area contributed by atoms with Crippen LogP contribution in [0, 0.1) is 6.92 Å². The predicted octanol–water partition coefficient (Wildman–Crippen LogP) is 6.93. The van der Waals surface area contributed by atoms with Crippen molar-refractivity contribution >= 4 is 43.8 Å². The van der Waals surface area contributed by atoms with Gasteiger partial charge >= 0.3 is 5.97 Å². The lowest BCUT2D eigenvalue weighted by molar-refractivity contribution is 0.0736. The third-order valence-electron chi connectivity index (χ3n) is 5.90. The zero-order valence-electron chi connectivity index (χ0n) is 19.2. The molecule has 0 fully saturated rings. The number of benzene rings is 4. The summed E-state index contributed by atoms with van der Waals surface area (Å²) < 4.78 is 6.95. The van der Waals surface area contributed by atoms with E-state index in [9.17, 15) is 4.79 Å². The molecule has 4 aromatic carbocycles. The number of aromatic nitrogens is 4. The molecule has 0 aliphatic carbocycles. The first kappa shape index (κ1) is 22.1. The molecule has 0 aliphatic rings. The first-order chi connectivity index (χ1) is 17.5. The Morgan fingerprint density at radius 2 is 1.47 bits per heavy atom. The predicted molar refractivity (Wildman–Crippen MR) is 143 cm³/mol. The van der Waals surface area contributed by atoms with Gasteiger partial charge in [-0.3, -0.25) is 0 Å². The zero-order chi connectivity index (χ0) is 24.6. The van der Waals surface area contributed by atoms with Crippen molar-refractivity contribution < 1.29 is 9.53 Å². The number of halogens is 1. The maximum absolute atomic E-state index is 13.6. The van der Waals surface area contributed by atoms with Gasteiger partial charge in [0.15, 0.2) is 5.75 Å². The van der Waals surface area contributed by atoms with Crippen LogP contribution in [-0.2, 0) is 0 Å². The summed E-state index contributed by atoms with van der Waals surface area (Å²) in [6, 6.07) is 30.3. The number of hydrogen-bond donors (Lipinski definition) is 0. The van der Waals surface area contributed by atoms with E-state index in [1.807, 2.05) is 91.9 Å². The van der Waals surface area contributed by atoms with Gasteiger partial charge in [-0.25, -0.2) is 9.78 Å². The van der Waals surface area contributed by atoms with Crippen molar-refractivity contribution in [3.05, 3.63) is 113 Å². The molecule has 0 saturated carbocycles. The van der Waals surface area contributed by atoms with E-state index in [1.165, 1.54) is 4.80 Å². The highest BCUT2D eigenvalue weighted by Gasteiger charge is 2.19. The summed E-state index contributed by atoms with van der Waals surface area (Å²) in [6.45, 7) is 1.97. The summed E-state index contributed by atoms with van der Waals surface area (Å²) in [5.74, 6) is -0.106. The van der Waals surface area contributed by atoms with Gasteiger partial charge in [-0.2, -0.15) is 0 Å². The molecule has 0 N–H and O–H groups in total. The van der Waals surface area contributed by atoms with Gasteiger partial charge in [0.05, 0.1) is 16.8 Å². The van der Waals surface area contributed by atoms with E-state index in [2.05, 4.69) is 26.1 Å². The highest BCUT2D eigenvalue weighted by molar-refractivity contribution is 9.10. The van der Waals surface area contributed by atoms with Crippen LogP contribution in [0.25, 0.3) is 38.9 Å². The van der Waals surface area contributed by atoms with E-state index >= 15 is 0 Å². The van der Waals surface area contributed by atoms with Gasteiger partial charge in [-0.05, 0) is 61.0 Å². The van der Waals surface area contributed by atoms with Crippen LogP contribution in [-0.4, -0.2) is 25.9 Å². The van der Waals surface area contributed by atoms with Crippen molar-refractivity contribution in [3.8, 4) is 22.7 Å². The van der Waals surface area contributed by atoms with Gasteiger partial charge in [0.25, 0.3) is 0 Å². The first-order valence-corrected chi connectivity index (χ1v) is 12.2. The van der Waals surface area contributed by atoms with Crippen LogP contribution in [0.1, 0.15) is 15.9 Å². The van der Waals surface area contributed by atoms with Crippen molar-refractivity contribution in [3.63, 3.8) is 0 Å². The van der Waals surface area contributed by atoms with E-state index in [-0.39, 0.29) is 0 Å². The summed E-state index contributed by atoms with van der Waals surface area (Å²) in [4.78, 5) is 19.9. The number of aryl methyl sites for hydroxylation is 1. The number of carbonyl (C=O) groups is 1. The summed E-state index contributed by atoms with van der Waals surface area (Å²) in [6.07, 6.45) is 0. The summed E-state index contributed by atoms with van der Waals surface area (Å²) in [5.41, 5.74) is 5.85. The standard InChI is InChI=1S/C29H19BrN4O2/c1-18-10-15-28(27(16-18)34-32-24-8-4-5-9-25(24)33-34)36-29(35)22-17-26(19-11-13-20(30)14-12-19)31-23-7-3-2-6-21(22)23/h2-17H,1H3. The Bertz CT molecular complexity index is 1730. The topological polar surface area (TPSA) is 69.9 Å². The number of esters is 1. The Kier molecular flexibility index (Phi) is 5.54. The number of carbonyl (C=O) groups excluding carboxylic acids is 1. The van der Waals surface area contributed by atoms with Gasteiger partial charge in [0.1, 0.15) is 16.7 Å². The van der Waals surface area contributed by atoms with Gasteiger partial charge in [0, 0.05) is 15.4 Å². The minimum absolute atomic E-state index is 0.372. The lowest BCUT2D eigenvalue weighted by atomic mass is 10.0. The molecular formula is C29H19BrN4O2. The molecule has 0 unspecified atom stereocenters. The third kappa shape index (κ3) is 4.14. The number of nitrogens with zero attached hydrogens (tertiary/aromatic N) is 4. The fraction of sp³-hybridized carbons (Fsp3) is 0.0345. The molecule has 6 nitrogen and oxygen atoms in total. The van der Waals surface area contributed by atoms with Crippen molar-refractivity contribution in [1.82, 2.24) is 20.0 Å². The minimum atomic E-state index is -0.478. The fourth-order valence-electron chi connectivity index (χ4n) is 4.11. The Hall–Kier alpha value is -4.36. The van der Waals surface area contributed by atoms with Crippen molar-refractivity contribution in [2.24, 2.45) is 0 Å². The molecule has 0 spiro atoms. The second-order valence-corrected chi connectivity index (χ2v) is 9.33. The molecule has 2 aromatic heterocycles. The number of fused-ring (bicyclic) bond motifs is 2. The highest BCUT2D eigenvalue weighted by Crippen LogP contribution is 2.29. The van der Waals surface area contributed by atoms with E-state index in [1.54, 1.807) is 12.1 Å². The largest absolute Gasteiger partial charge is 0.421 e. The first-order valence-electron chi connectivity index (χ1n) is 11.4. The average molecular weight is 535 g/mol.